The Labute approximate surface area is 46.1 Å². The Morgan fingerprint density at radius 2 is 2.00 bits per heavy atom. The van der Waals surface area contributed by atoms with E-state index in [9.17, 15) is 4.57 Å². The fourth-order valence-electron chi connectivity index (χ4n) is 0.160. The van der Waals surface area contributed by atoms with Crippen molar-refractivity contribution in [2.45, 2.75) is 0 Å². The average molecular weight is 142 g/mol. The molecule has 0 spiro atoms. The van der Waals surface area contributed by atoms with Gasteiger partial charge in [0.2, 0.25) is 0 Å². The standard InChI is InChI=1S/C2H7O5P/c3-1-7-2-8(4,5)6/h3H,1-2H2,(H2,4,5,6). The molecule has 0 rings (SSSR count). The van der Waals surface area contributed by atoms with Crippen LogP contribution in [0, 0.1) is 0 Å². The van der Waals surface area contributed by atoms with Crippen molar-refractivity contribution in [3.8, 4) is 0 Å². The zero-order chi connectivity index (χ0) is 6.62. The Morgan fingerprint density at radius 1 is 1.50 bits per heavy atom. The van der Waals surface area contributed by atoms with Crippen LogP contribution in [0.3, 0.4) is 0 Å². The molecule has 0 fully saturated rings. The van der Waals surface area contributed by atoms with Crippen molar-refractivity contribution in [3.05, 3.63) is 0 Å². The molecule has 0 bridgehead atoms. The summed E-state index contributed by atoms with van der Waals surface area (Å²) in [6.07, 6.45) is -0.719. The predicted octanol–water partition coefficient (Wildman–Crippen LogP) is -0.912. The van der Waals surface area contributed by atoms with Gasteiger partial charge in [-0.2, -0.15) is 0 Å². The van der Waals surface area contributed by atoms with Crippen molar-refractivity contribution in [1.29, 1.82) is 0 Å². The molecule has 0 aromatic heterocycles. The van der Waals surface area contributed by atoms with Crippen LogP contribution in [0.15, 0.2) is 0 Å². The lowest BCUT2D eigenvalue weighted by Crippen LogP contribution is -1.95. The fraction of sp³-hybridized carbons (Fsp3) is 1.00. The minimum absolute atomic E-state index is 0.662. The minimum atomic E-state index is -4.06. The molecule has 0 radical (unpaired) electrons. The Balaban J connectivity index is 3.26. The lowest BCUT2D eigenvalue weighted by Gasteiger charge is -2.00. The first-order valence-electron chi connectivity index (χ1n) is 1.79. The molecule has 0 atom stereocenters. The van der Waals surface area contributed by atoms with E-state index in [1.165, 1.54) is 0 Å². The van der Waals surface area contributed by atoms with Crippen molar-refractivity contribution in [1.82, 2.24) is 0 Å². The topological polar surface area (TPSA) is 87.0 Å². The van der Waals surface area contributed by atoms with E-state index in [4.69, 9.17) is 14.9 Å². The molecule has 0 amide bonds. The Morgan fingerprint density at radius 3 is 2.12 bits per heavy atom. The molecule has 8 heavy (non-hydrogen) atoms. The molecule has 0 aromatic rings. The molecular formula is C2H7O5P. The second-order valence-electron chi connectivity index (χ2n) is 1.13. The van der Waals surface area contributed by atoms with E-state index in [0.717, 1.165) is 0 Å². The molecule has 0 saturated heterocycles. The predicted molar refractivity (Wildman–Crippen MR) is 25.1 cm³/mol. The average Bonchev–Trinajstić information content (AvgIpc) is 1.59. The number of hydrogen-bond acceptors (Lipinski definition) is 3. The van der Waals surface area contributed by atoms with E-state index in [1.807, 2.05) is 0 Å². The van der Waals surface area contributed by atoms with E-state index in [-0.39, 0.29) is 0 Å². The van der Waals surface area contributed by atoms with Gasteiger partial charge in [0.15, 0.2) is 6.35 Å². The summed E-state index contributed by atoms with van der Waals surface area (Å²) in [5.74, 6) is 0. The summed E-state index contributed by atoms with van der Waals surface area (Å²) in [7, 11) is -4.06. The van der Waals surface area contributed by atoms with Crippen LogP contribution in [0.1, 0.15) is 0 Å². The second-order valence-corrected chi connectivity index (χ2v) is 2.71. The smallest absolute Gasteiger partial charge is 0.351 e. The third kappa shape index (κ3) is 6.07. The molecule has 5 nitrogen and oxygen atoms in total. The van der Waals surface area contributed by atoms with Crippen molar-refractivity contribution in [3.63, 3.8) is 0 Å². The van der Waals surface area contributed by atoms with Gasteiger partial charge >= 0.3 is 7.60 Å². The third-order valence-corrected chi connectivity index (χ3v) is 0.870. The highest BCUT2D eigenvalue weighted by atomic mass is 31.2. The second kappa shape index (κ2) is 3.17. The maximum absolute atomic E-state index is 9.85. The van der Waals surface area contributed by atoms with Gasteiger partial charge in [-0.1, -0.05) is 0 Å². The summed E-state index contributed by atoms with van der Waals surface area (Å²) in [4.78, 5) is 16.0. The van der Waals surface area contributed by atoms with Gasteiger partial charge in [0.25, 0.3) is 0 Å². The summed E-state index contributed by atoms with van der Waals surface area (Å²) in [5, 5.41) is 7.86. The zero-order valence-electron chi connectivity index (χ0n) is 4.02. The van der Waals surface area contributed by atoms with Crippen LogP contribution in [0.2, 0.25) is 0 Å². The van der Waals surface area contributed by atoms with Gasteiger partial charge in [0.05, 0.1) is 0 Å². The van der Waals surface area contributed by atoms with Gasteiger partial charge < -0.3 is 19.6 Å². The monoisotopic (exact) mass is 142 g/mol. The maximum Gasteiger partial charge on any atom is 0.351 e. The third-order valence-electron chi connectivity index (χ3n) is 0.351. The number of rotatable bonds is 3. The first-order chi connectivity index (χ1) is 3.56. The highest BCUT2D eigenvalue weighted by Gasteiger charge is 2.11. The highest BCUT2D eigenvalue weighted by Crippen LogP contribution is 2.33. The van der Waals surface area contributed by atoms with Gasteiger partial charge in [-0.15, -0.1) is 0 Å². The summed E-state index contributed by atoms with van der Waals surface area (Å²) in [6.45, 7) is -0.662. The molecule has 0 aromatic carbocycles. The lowest BCUT2D eigenvalue weighted by molar-refractivity contribution is 0.0150. The van der Waals surface area contributed by atoms with E-state index in [1.54, 1.807) is 0 Å². The molecule has 50 valence electrons. The SMILES string of the molecule is O=P(O)(O)COCO. The summed E-state index contributed by atoms with van der Waals surface area (Å²) >= 11 is 0. The Kier molecular flexibility index (Phi) is 3.19. The lowest BCUT2D eigenvalue weighted by atomic mass is 11.4. The molecule has 0 saturated carbocycles. The van der Waals surface area contributed by atoms with Crippen LogP contribution in [-0.4, -0.2) is 28.0 Å². The first kappa shape index (κ1) is 8.07. The van der Waals surface area contributed by atoms with Crippen LogP contribution in [-0.2, 0) is 9.30 Å². The van der Waals surface area contributed by atoms with Gasteiger partial charge in [-0.05, 0) is 0 Å². The largest absolute Gasteiger partial charge is 0.371 e. The molecule has 6 heteroatoms. The summed E-state index contributed by atoms with van der Waals surface area (Å²) in [5.41, 5.74) is 0. The quantitative estimate of drug-likeness (QED) is 0.350. The minimum Gasteiger partial charge on any atom is -0.371 e. The van der Waals surface area contributed by atoms with Gasteiger partial charge in [-0.3, -0.25) is 4.57 Å². The van der Waals surface area contributed by atoms with Crippen LogP contribution in [0.4, 0.5) is 0 Å². The van der Waals surface area contributed by atoms with E-state index in [2.05, 4.69) is 4.74 Å². The molecule has 0 aliphatic carbocycles. The molecule has 3 N–H and O–H groups in total. The van der Waals surface area contributed by atoms with E-state index < -0.39 is 20.7 Å². The van der Waals surface area contributed by atoms with Gasteiger partial charge in [0.1, 0.15) is 6.79 Å². The zero-order valence-corrected chi connectivity index (χ0v) is 4.91. The number of aliphatic hydroxyl groups is 1. The van der Waals surface area contributed by atoms with Crippen LogP contribution in [0.5, 0.6) is 0 Å². The van der Waals surface area contributed by atoms with E-state index in [0.29, 0.717) is 0 Å². The van der Waals surface area contributed by atoms with Gasteiger partial charge in [-0.25, -0.2) is 0 Å². The Bertz CT molecular complexity index is 94.6. The molecule has 0 aliphatic rings. The molecular weight excluding hydrogens is 135 g/mol. The first-order valence-corrected chi connectivity index (χ1v) is 3.59. The van der Waals surface area contributed by atoms with Gasteiger partial charge in [0, 0.05) is 0 Å². The van der Waals surface area contributed by atoms with Crippen LogP contribution >= 0.6 is 7.60 Å². The Hall–Kier alpha value is 0.0700. The van der Waals surface area contributed by atoms with E-state index >= 15 is 0 Å². The number of aliphatic hydroxyl groups excluding tert-OH is 1. The molecule has 0 unspecified atom stereocenters. The normalized spacial score (nSPS) is 11.9. The summed E-state index contributed by atoms with van der Waals surface area (Å²) in [6, 6.07) is 0. The van der Waals surface area contributed by atoms with Crippen molar-refractivity contribution in [2.75, 3.05) is 13.1 Å². The maximum atomic E-state index is 9.85. The summed E-state index contributed by atoms with van der Waals surface area (Å²) < 4.78 is 13.8. The van der Waals surface area contributed by atoms with Crippen molar-refractivity contribution < 1.29 is 24.2 Å². The number of ether oxygens (including phenoxy) is 1. The van der Waals surface area contributed by atoms with Crippen LogP contribution < -0.4 is 0 Å². The van der Waals surface area contributed by atoms with Crippen LogP contribution in [0.25, 0.3) is 0 Å². The van der Waals surface area contributed by atoms with Crippen molar-refractivity contribution >= 4 is 7.60 Å². The highest BCUT2D eigenvalue weighted by molar-refractivity contribution is 7.51. The molecule has 0 aliphatic heterocycles. The molecule has 0 heterocycles. The number of hydrogen-bond donors (Lipinski definition) is 3. The fourth-order valence-corrected chi connectivity index (χ4v) is 0.479. The van der Waals surface area contributed by atoms with Crippen molar-refractivity contribution in [2.24, 2.45) is 0 Å².